The van der Waals surface area contributed by atoms with Crippen LogP contribution < -0.4 is 10.2 Å². The van der Waals surface area contributed by atoms with Crippen molar-refractivity contribution in [1.29, 1.82) is 0 Å². The van der Waals surface area contributed by atoms with Crippen LogP contribution in [0.15, 0.2) is 11.6 Å². The summed E-state index contributed by atoms with van der Waals surface area (Å²) in [6.07, 6.45) is 3.25. The first-order valence-corrected chi connectivity index (χ1v) is 7.03. The molecular formula is C12H20N4S. The lowest BCUT2D eigenvalue weighted by molar-refractivity contribution is 0.745. The minimum Gasteiger partial charge on any atom is -0.355 e. The van der Waals surface area contributed by atoms with Crippen LogP contribution in [0.3, 0.4) is 0 Å². The first-order valence-electron chi connectivity index (χ1n) is 6.15. The Kier molecular flexibility index (Phi) is 4.02. The number of hydrogen-bond acceptors (Lipinski definition) is 4. The molecule has 0 saturated carbocycles. The molecule has 0 aliphatic carbocycles. The van der Waals surface area contributed by atoms with Gasteiger partial charge in [0, 0.05) is 31.2 Å². The molecule has 0 atom stereocenters. The highest BCUT2D eigenvalue weighted by Gasteiger charge is 2.16. The predicted molar refractivity (Wildman–Crippen MR) is 74.0 cm³/mol. The van der Waals surface area contributed by atoms with Crippen molar-refractivity contribution < 1.29 is 0 Å². The number of nitrogens with zero attached hydrogens (tertiary/aromatic N) is 3. The molecule has 2 rings (SSSR count). The van der Waals surface area contributed by atoms with E-state index in [1.165, 1.54) is 5.69 Å². The summed E-state index contributed by atoms with van der Waals surface area (Å²) in [6, 6.07) is 0. The first-order chi connectivity index (χ1) is 8.31. The largest absolute Gasteiger partial charge is 0.355 e. The van der Waals surface area contributed by atoms with Gasteiger partial charge in [0.05, 0.1) is 5.69 Å². The Bertz CT molecular complexity index is 474. The van der Waals surface area contributed by atoms with E-state index in [1.54, 1.807) is 11.3 Å². The fourth-order valence-corrected chi connectivity index (χ4v) is 2.82. The summed E-state index contributed by atoms with van der Waals surface area (Å²) in [6.45, 7) is 7.33. The Morgan fingerprint density at radius 3 is 2.94 bits per heavy atom. The second-order valence-electron chi connectivity index (χ2n) is 4.05. The molecule has 94 valence electrons. The van der Waals surface area contributed by atoms with Crippen molar-refractivity contribution in [1.82, 2.24) is 14.7 Å². The van der Waals surface area contributed by atoms with Gasteiger partial charge in [-0.2, -0.15) is 0 Å². The summed E-state index contributed by atoms with van der Waals surface area (Å²) >= 11 is 1.69. The average molecular weight is 252 g/mol. The van der Waals surface area contributed by atoms with Crippen molar-refractivity contribution >= 4 is 22.1 Å². The molecule has 0 bridgehead atoms. The van der Waals surface area contributed by atoms with Gasteiger partial charge in [-0.3, -0.25) is 4.40 Å². The number of hydrogen-bond donors (Lipinski definition) is 1. The molecule has 0 saturated heterocycles. The molecule has 17 heavy (non-hydrogen) atoms. The Morgan fingerprint density at radius 1 is 1.47 bits per heavy atom. The molecule has 0 amide bonds. The zero-order valence-corrected chi connectivity index (χ0v) is 11.5. The lowest BCUT2D eigenvalue weighted by Gasteiger charge is -2.21. The fourth-order valence-electron chi connectivity index (χ4n) is 2.09. The van der Waals surface area contributed by atoms with E-state index in [0.29, 0.717) is 0 Å². The monoisotopic (exact) mass is 252 g/mol. The molecule has 0 radical (unpaired) electrons. The van der Waals surface area contributed by atoms with Crippen molar-refractivity contribution in [3.05, 3.63) is 17.3 Å². The maximum atomic E-state index is 4.75. The average Bonchev–Trinajstić information content (AvgIpc) is 2.89. The number of rotatable bonds is 6. The van der Waals surface area contributed by atoms with Gasteiger partial charge < -0.3 is 10.2 Å². The fraction of sp³-hybridized carbons (Fsp3) is 0.583. The molecule has 0 spiro atoms. The number of anilines is 1. The molecule has 0 aliphatic heterocycles. The van der Waals surface area contributed by atoms with E-state index in [9.17, 15) is 0 Å². The lowest BCUT2D eigenvalue weighted by atomic mass is 10.3. The number of fused-ring (bicyclic) bond motifs is 1. The quantitative estimate of drug-likeness (QED) is 0.856. The van der Waals surface area contributed by atoms with Crippen molar-refractivity contribution in [2.24, 2.45) is 0 Å². The number of aromatic nitrogens is 2. The van der Waals surface area contributed by atoms with Crippen LogP contribution in [0.5, 0.6) is 0 Å². The molecule has 0 aromatic carbocycles. The molecule has 2 heterocycles. The zero-order chi connectivity index (χ0) is 12.3. The third-order valence-electron chi connectivity index (χ3n) is 2.86. The SMILES string of the molecule is CCCN(CC)c1nc2sccn2c1CNC. The predicted octanol–water partition coefficient (Wildman–Crippen LogP) is 2.35. The van der Waals surface area contributed by atoms with Crippen molar-refractivity contribution in [2.75, 3.05) is 25.0 Å². The number of thiazole rings is 1. The summed E-state index contributed by atoms with van der Waals surface area (Å²) in [4.78, 5) is 8.19. The Labute approximate surface area is 106 Å². The smallest absolute Gasteiger partial charge is 0.195 e. The van der Waals surface area contributed by atoms with Gasteiger partial charge in [0.25, 0.3) is 0 Å². The van der Waals surface area contributed by atoms with Gasteiger partial charge in [0.15, 0.2) is 10.8 Å². The third-order valence-corrected chi connectivity index (χ3v) is 3.62. The van der Waals surface area contributed by atoms with Crippen LogP contribution >= 0.6 is 11.3 Å². The number of imidazole rings is 1. The maximum Gasteiger partial charge on any atom is 0.195 e. The molecule has 0 unspecified atom stereocenters. The Balaban J connectivity index is 2.42. The van der Waals surface area contributed by atoms with Crippen molar-refractivity contribution in [3.63, 3.8) is 0 Å². The van der Waals surface area contributed by atoms with Crippen LogP contribution in [0.25, 0.3) is 4.96 Å². The molecule has 0 fully saturated rings. The molecule has 4 nitrogen and oxygen atoms in total. The second kappa shape index (κ2) is 5.51. The minimum absolute atomic E-state index is 0.855. The van der Waals surface area contributed by atoms with Gasteiger partial charge in [0.1, 0.15) is 0 Å². The van der Waals surface area contributed by atoms with Crippen LogP contribution in [-0.4, -0.2) is 29.5 Å². The summed E-state index contributed by atoms with van der Waals surface area (Å²) < 4.78 is 2.19. The van der Waals surface area contributed by atoms with E-state index < -0.39 is 0 Å². The Hall–Kier alpha value is -1.07. The van der Waals surface area contributed by atoms with Crippen molar-refractivity contribution in [2.45, 2.75) is 26.8 Å². The van der Waals surface area contributed by atoms with Gasteiger partial charge in [-0.05, 0) is 20.4 Å². The van der Waals surface area contributed by atoms with E-state index in [1.807, 2.05) is 7.05 Å². The lowest BCUT2D eigenvalue weighted by Crippen LogP contribution is -2.26. The summed E-state index contributed by atoms with van der Waals surface area (Å²) in [5.74, 6) is 1.13. The van der Waals surface area contributed by atoms with Crippen LogP contribution in [-0.2, 0) is 6.54 Å². The third kappa shape index (κ3) is 2.30. The highest BCUT2D eigenvalue weighted by atomic mass is 32.1. The maximum absolute atomic E-state index is 4.75. The first kappa shape index (κ1) is 12.4. The molecule has 1 N–H and O–H groups in total. The standard InChI is InChI=1S/C12H20N4S/c1-4-6-15(5-2)11-10(9-13-3)16-7-8-17-12(16)14-11/h7-8,13H,4-6,9H2,1-3H3. The zero-order valence-electron chi connectivity index (χ0n) is 10.7. The van der Waals surface area contributed by atoms with Crippen molar-refractivity contribution in [3.8, 4) is 0 Å². The van der Waals surface area contributed by atoms with Crippen LogP contribution in [0, 0.1) is 0 Å². The molecule has 5 heteroatoms. The van der Waals surface area contributed by atoms with Crippen LogP contribution in [0.1, 0.15) is 26.0 Å². The van der Waals surface area contributed by atoms with Gasteiger partial charge >= 0.3 is 0 Å². The van der Waals surface area contributed by atoms with E-state index in [-0.39, 0.29) is 0 Å². The minimum atomic E-state index is 0.855. The van der Waals surface area contributed by atoms with Gasteiger partial charge in [-0.15, -0.1) is 11.3 Å². The van der Waals surface area contributed by atoms with Crippen LogP contribution in [0.4, 0.5) is 5.82 Å². The highest BCUT2D eigenvalue weighted by molar-refractivity contribution is 7.15. The van der Waals surface area contributed by atoms with E-state index >= 15 is 0 Å². The normalized spacial score (nSPS) is 11.2. The highest BCUT2D eigenvalue weighted by Crippen LogP contribution is 2.24. The Morgan fingerprint density at radius 2 is 2.29 bits per heavy atom. The second-order valence-corrected chi connectivity index (χ2v) is 4.92. The molecule has 2 aromatic rings. The van der Waals surface area contributed by atoms with E-state index in [2.05, 4.69) is 40.0 Å². The molecule has 0 aliphatic rings. The summed E-state index contributed by atoms with van der Waals surface area (Å²) in [7, 11) is 1.98. The van der Waals surface area contributed by atoms with Gasteiger partial charge in [-0.1, -0.05) is 6.92 Å². The summed E-state index contributed by atoms with van der Waals surface area (Å²) in [5, 5.41) is 5.32. The van der Waals surface area contributed by atoms with Gasteiger partial charge in [0.2, 0.25) is 0 Å². The van der Waals surface area contributed by atoms with E-state index in [4.69, 9.17) is 4.98 Å². The number of nitrogens with one attached hydrogen (secondary N) is 1. The van der Waals surface area contributed by atoms with E-state index in [0.717, 1.165) is 36.8 Å². The molecular weight excluding hydrogens is 232 g/mol. The van der Waals surface area contributed by atoms with Gasteiger partial charge in [-0.25, -0.2) is 4.98 Å². The summed E-state index contributed by atoms with van der Waals surface area (Å²) in [5.41, 5.74) is 1.26. The molecule has 2 aromatic heterocycles. The van der Waals surface area contributed by atoms with Crippen LogP contribution in [0.2, 0.25) is 0 Å². The topological polar surface area (TPSA) is 32.6 Å².